The van der Waals surface area contributed by atoms with Crippen LogP contribution in [0.1, 0.15) is 12.5 Å². The third kappa shape index (κ3) is 1.38. The lowest BCUT2D eigenvalue weighted by molar-refractivity contribution is 1.03. The minimum Gasteiger partial charge on any atom is -0.266 e. The Labute approximate surface area is 53.9 Å². The van der Waals surface area contributed by atoms with Gasteiger partial charge in [-0.2, -0.15) is 0 Å². The molecule has 47 valence electrons. The van der Waals surface area contributed by atoms with Crippen LogP contribution in [0.25, 0.3) is 0 Å². The lowest BCUT2D eigenvalue weighted by Gasteiger charge is -1.91. The summed E-state index contributed by atoms with van der Waals surface area (Å²) in [6, 6.07) is 0. The van der Waals surface area contributed by atoms with Crippen molar-refractivity contribution in [1.82, 2.24) is 15.7 Å². The van der Waals surface area contributed by atoms with Crippen molar-refractivity contribution in [2.24, 2.45) is 0 Å². The molecule has 0 unspecified atom stereocenters. The highest BCUT2D eigenvalue weighted by molar-refractivity contribution is 5.12. The molecule has 1 heterocycles. The van der Waals surface area contributed by atoms with E-state index < -0.39 is 0 Å². The van der Waals surface area contributed by atoms with E-state index in [4.69, 9.17) is 5.73 Å². The van der Waals surface area contributed by atoms with Gasteiger partial charge < -0.3 is 0 Å². The smallest absolute Gasteiger partial charge is 0.241 e. The Morgan fingerprint density at radius 3 is 2.44 bits per heavy atom. The third-order valence-electron chi connectivity index (χ3n) is 1.11. The van der Waals surface area contributed by atoms with Gasteiger partial charge in [-0.1, -0.05) is 6.92 Å². The molecule has 0 saturated heterocycles. The molecule has 0 atom stereocenters. The van der Waals surface area contributed by atoms with Gasteiger partial charge in [0.25, 0.3) is 0 Å². The van der Waals surface area contributed by atoms with Crippen LogP contribution < -0.4 is 5.73 Å². The lowest BCUT2D eigenvalue weighted by Crippen LogP contribution is -1.86. The Bertz CT molecular complexity index is 180. The second-order valence-corrected chi connectivity index (χ2v) is 1.77. The number of nitrogens with one attached hydrogen (secondary N) is 1. The first-order chi connectivity index (χ1) is 4.33. The van der Waals surface area contributed by atoms with Crippen LogP contribution in [-0.4, -0.2) is 9.97 Å². The van der Waals surface area contributed by atoms with Gasteiger partial charge in [0.1, 0.15) is 0 Å². The van der Waals surface area contributed by atoms with Crippen molar-refractivity contribution in [2.75, 3.05) is 0 Å². The quantitative estimate of drug-likeness (QED) is 0.556. The molecular weight excluding hydrogens is 114 g/mol. The Kier molecular flexibility index (Phi) is 1.63. The molecule has 3 heteroatoms. The molecule has 0 aromatic carbocycles. The molecule has 9 heavy (non-hydrogen) atoms. The zero-order valence-corrected chi connectivity index (χ0v) is 5.26. The minimum absolute atomic E-state index is 0.0900. The molecular formula is C6H8N3. The molecule has 0 amide bonds. The fourth-order valence-corrected chi connectivity index (χ4v) is 0.537. The number of hydrogen-bond acceptors (Lipinski definition) is 2. The molecule has 0 saturated carbocycles. The lowest BCUT2D eigenvalue weighted by atomic mass is 10.3. The number of aryl methyl sites for hydroxylation is 1. The van der Waals surface area contributed by atoms with Gasteiger partial charge >= 0.3 is 0 Å². The van der Waals surface area contributed by atoms with Crippen LogP contribution in [0.5, 0.6) is 0 Å². The van der Waals surface area contributed by atoms with Gasteiger partial charge in [-0.15, -0.1) is 0 Å². The topological polar surface area (TPSA) is 49.6 Å². The molecule has 1 radical (unpaired) electrons. The maximum atomic E-state index is 6.94. The Morgan fingerprint density at radius 1 is 1.44 bits per heavy atom. The molecule has 0 bridgehead atoms. The summed E-state index contributed by atoms with van der Waals surface area (Å²) in [7, 11) is 0. The van der Waals surface area contributed by atoms with Crippen molar-refractivity contribution in [1.29, 1.82) is 0 Å². The largest absolute Gasteiger partial charge is 0.266 e. The summed E-state index contributed by atoms with van der Waals surface area (Å²) in [5.41, 5.74) is 8.02. The monoisotopic (exact) mass is 122 g/mol. The van der Waals surface area contributed by atoms with E-state index >= 15 is 0 Å². The van der Waals surface area contributed by atoms with E-state index in [1.54, 1.807) is 12.4 Å². The van der Waals surface area contributed by atoms with Gasteiger partial charge in [-0.05, 0) is 12.0 Å². The molecule has 0 aliphatic carbocycles. The number of hydrogen-bond donors (Lipinski definition) is 0. The Morgan fingerprint density at radius 2 is 2.00 bits per heavy atom. The van der Waals surface area contributed by atoms with Gasteiger partial charge in [0.05, 0.1) is 0 Å². The van der Waals surface area contributed by atoms with Gasteiger partial charge in [0.15, 0.2) is 0 Å². The maximum absolute atomic E-state index is 6.94. The van der Waals surface area contributed by atoms with Crippen molar-refractivity contribution in [3.63, 3.8) is 0 Å². The SMILES string of the molecule is CCc1cnc([NH])nc1. The molecule has 1 aromatic heterocycles. The van der Waals surface area contributed by atoms with Gasteiger partial charge in [-0.3, -0.25) is 5.73 Å². The molecule has 0 spiro atoms. The van der Waals surface area contributed by atoms with Gasteiger partial charge in [-0.25, -0.2) is 9.97 Å². The maximum Gasteiger partial charge on any atom is 0.241 e. The zero-order valence-electron chi connectivity index (χ0n) is 5.26. The highest BCUT2D eigenvalue weighted by Crippen LogP contribution is 1.96. The van der Waals surface area contributed by atoms with E-state index in [-0.39, 0.29) is 5.95 Å². The summed E-state index contributed by atoms with van der Waals surface area (Å²) in [4.78, 5) is 7.41. The fourth-order valence-electron chi connectivity index (χ4n) is 0.537. The van der Waals surface area contributed by atoms with E-state index in [0.29, 0.717) is 0 Å². The van der Waals surface area contributed by atoms with E-state index in [9.17, 15) is 0 Å². The van der Waals surface area contributed by atoms with Crippen LogP contribution in [-0.2, 0) is 6.42 Å². The first-order valence-corrected chi connectivity index (χ1v) is 2.85. The molecule has 0 aliphatic rings. The van der Waals surface area contributed by atoms with Crippen molar-refractivity contribution in [2.45, 2.75) is 13.3 Å². The van der Waals surface area contributed by atoms with Crippen LogP contribution in [0.15, 0.2) is 12.4 Å². The summed E-state index contributed by atoms with van der Waals surface area (Å²) >= 11 is 0. The fraction of sp³-hybridized carbons (Fsp3) is 0.333. The molecule has 1 N–H and O–H groups in total. The normalized spacial score (nSPS) is 9.44. The predicted octanol–water partition coefficient (Wildman–Crippen LogP) is 0.953. The van der Waals surface area contributed by atoms with Crippen molar-refractivity contribution in [3.8, 4) is 0 Å². The number of nitrogens with zero attached hydrogens (tertiary/aromatic N) is 2. The molecule has 1 aromatic rings. The van der Waals surface area contributed by atoms with E-state index in [1.165, 1.54) is 0 Å². The van der Waals surface area contributed by atoms with Gasteiger partial charge in [0, 0.05) is 12.4 Å². The van der Waals surface area contributed by atoms with Gasteiger partial charge in [0.2, 0.25) is 5.95 Å². The van der Waals surface area contributed by atoms with E-state index in [2.05, 4.69) is 9.97 Å². The number of aromatic nitrogens is 2. The van der Waals surface area contributed by atoms with Crippen LogP contribution in [0, 0.1) is 0 Å². The van der Waals surface area contributed by atoms with E-state index in [1.807, 2.05) is 6.92 Å². The standard InChI is InChI=1S/C6H8N3/c1-2-5-3-8-6(7)9-4-5/h3-4,7H,2H2,1H3. The Hall–Kier alpha value is -1.12. The Balaban J connectivity index is 2.88. The zero-order chi connectivity index (χ0) is 6.69. The van der Waals surface area contributed by atoms with Crippen LogP contribution in [0.3, 0.4) is 0 Å². The second kappa shape index (κ2) is 2.44. The average Bonchev–Trinajstić information content (AvgIpc) is 1.90. The highest BCUT2D eigenvalue weighted by atomic mass is 15.0. The average molecular weight is 122 g/mol. The van der Waals surface area contributed by atoms with Crippen molar-refractivity contribution < 1.29 is 0 Å². The van der Waals surface area contributed by atoms with E-state index in [0.717, 1.165) is 12.0 Å². The summed E-state index contributed by atoms with van der Waals surface area (Å²) in [5, 5.41) is 0. The summed E-state index contributed by atoms with van der Waals surface area (Å²) in [5.74, 6) is 0.0900. The summed E-state index contributed by atoms with van der Waals surface area (Å²) in [6.45, 7) is 2.03. The molecule has 0 aliphatic heterocycles. The van der Waals surface area contributed by atoms with Crippen LogP contribution in [0.4, 0.5) is 5.95 Å². The first-order valence-electron chi connectivity index (χ1n) is 2.85. The predicted molar refractivity (Wildman–Crippen MR) is 34.2 cm³/mol. The van der Waals surface area contributed by atoms with Crippen LogP contribution in [0.2, 0.25) is 0 Å². The van der Waals surface area contributed by atoms with Crippen LogP contribution >= 0.6 is 0 Å². The third-order valence-corrected chi connectivity index (χ3v) is 1.11. The molecule has 0 fully saturated rings. The summed E-state index contributed by atoms with van der Waals surface area (Å²) in [6.07, 6.45) is 4.28. The number of rotatable bonds is 1. The molecule has 3 nitrogen and oxygen atoms in total. The minimum atomic E-state index is 0.0900. The second-order valence-electron chi connectivity index (χ2n) is 1.77. The highest BCUT2D eigenvalue weighted by Gasteiger charge is 1.88. The van der Waals surface area contributed by atoms with Crippen molar-refractivity contribution in [3.05, 3.63) is 18.0 Å². The first kappa shape index (κ1) is 6.01. The van der Waals surface area contributed by atoms with Crippen molar-refractivity contribution >= 4 is 5.95 Å². The summed E-state index contributed by atoms with van der Waals surface area (Å²) < 4.78 is 0. The molecule has 1 rings (SSSR count).